The van der Waals surface area contributed by atoms with Crippen LogP contribution in [0.5, 0.6) is 0 Å². The molecule has 100 valence electrons. The Hall–Kier alpha value is -2.20. The summed E-state index contributed by atoms with van der Waals surface area (Å²) in [6.07, 6.45) is 3.20. The largest absolute Gasteiger partial charge is 0.265 e. The number of hydrogen-bond acceptors (Lipinski definition) is 3. The first-order valence-corrected chi connectivity index (χ1v) is 7.91. The second-order valence-corrected chi connectivity index (χ2v) is 6.61. The summed E-state index contributed by atoms with van der Waals surface area (Å²) in [6.45, 7) is 0. The van der Waals surface area contributed by atoms with Crippen LogP contribution in [0.3, 0.4) is 0 Å². The zero-order valence-electron chi connectivity index (χ0n) is 10.7. The molecule has 4 heteroatoms. The van der Waals surface area contributed by atoms with Crippen molar-refractivity contribution in [1.82, 2.24) is 4.98 Å². The monoisotopic (exact) mass is 283 g/mol. The van der Waals surface area contributed by atoms with Crippen LogP contribution in [0.15, 0.2) is 71.9 Å². The van der Waals surface area contributed by atoms with Crippen LogP contribution in [0, 0.1) is 0 Å². The number of aromatic nitrogens is 1. The van der Waals surface area contributed by atoms with E-state index in [1.807, 2.05) is 30.3 Å². The topological polar surface area (TPSA) is 47.0 Å². The van der Waals surface area contributed by atoms with Gasteiger partial charge in [-0.1, -0.05) is 30.3 Å². The lowest BCUT2D eigenvalue weighted by atomic mass is 10.1. The summed E-state index contributed by atoms with van der Waals surface area (Å²) in [5.41, 5.74) is 0.744. The summed E-state index contributed by atoms with van der Waals surface area (Å²) in [6, 6.07) is 16.4. The van der Waals surface area contributed by atoms with Gasteiger partial charge in [0.05, 0.1) is 10.6 Å². The standard InChI is InChI=1S/C16H13NO2S/c18-20(19,12-13-7-9-17-10-8-13)16-6-5-14-3-1-2-4-15(14)11-16/h1-11H,12H2. The zero-order chi connectivity index (χ0) is 14.0. The highest BCUT2D eigenvalue weighted by atomic mass is 32.2. The van der Waals surface area contributed by atoms with Gasteiger partial charge in [0.25, 0.3) is 0 Å². The molecular formula is C16H13NO2S. The molecule has 0 atom stereocenters. The van der Waals surface area contributed by atoms with Crippen molar-refractivity contribution in [2.24, 2.45) is 0 Å². The third-order valence-corrected chi connectivity index (χ3v) is 4.87. The van der Waals surface area contributed by atoms with E-state index in [2.05, 4.69) is 4.98 Å². The molecule has 0 saturated heterocycles. The molecule has 2 aromatic carbocycles. The van der Waals surface area contributed by atoms with Crippen LogP contribution < -0.4 is 0 Å². The van der Waals surface area contributed by atoms with Gasteiger partial charge in [-0.25, -0.2) is 8.42 Å². The smallest absolute Gasteiger partial charge is 0.182 e. The molecule has 0 bridgehead atoms. The van der Waals surface area contributed by atoms with E-state index in [1.54, 1.807) is 36.7 Å². The Kier molecular flexibility index (Phi) is 3.24. The zero-order valence-corrected chi connectivity index (χ0v) is 11.5. The maximum absolute atomic E-state index is 12.4. The normalized spacial score (nSPS) is 11.6. The predicted octanol–water partition coefficient (Wildman–Crippen LogP) is 3.21. The lowest BCUT2D eigenvalue weighted by Crippen LogP contribution is -2.04. The van der Waals surface area contributed by atoms with E-state index in [4.69, 9.17) is 0 Å². The molecule has 1 heterocycles. The maximum atomic E-state index is 12.4. The Morgan fingerprint density at radius 1 is 0.850 bits per heavy atom. The molecule has 0 saturated carbocycles. The van der Waals surface area contributed by atoms with E-state index in [0.29, 0.717) is 4.90 Å². The van der Waals surface area contributed by atoms with Crippen molar-refractivity contribution in [3.63, 3.8) is 0 Å². The van der Waals surface area contributed by atoms with Crippen molar-refractivity contribution in [3.05, 3.63) is 72.6 Å². The summed E-state index contributed by atoms with van der Waals surface area (Å²) in [4.78, 5) is 4.25. The van der Waals surface area contributed by atoms with Gasteiger partial charge in [-0.2, -0.15) is 0 Å². The minimum absolute atomic E-state index is 0.00609. The quantitative estimate of drug-likeness (QED) is 0.741. The fraction of sp³-hybridized carbons (Fsp3) is 0.0625. The predicted molar refractivity (Wildman–Crippen MR) is 79.1 cm³/mol. The molecule has 0 aliphatic carbocycles. The number of sulfone groups is 1. The van der Waals surface area contributed by atoms with E-state index in [-0.39, 0.29) is 5.75 Å². The highest BCUT2D eigenvalue weighted by molar-refractivity contribution is 7.90. The number of nitrogens with zero attached hydrogens (tertiary/aromatic N) is 1. The van der Waals surface area contributed by atoms with E-state index in [0.717, 1.165) is 16.3 Å². The first-order valence-electron chi connectivity index (χ1n) is 6.26. The molecule has 0 N–H and O–H groups in total. The van der Waals surface area contributed by atoms with E-state index >= 15 is 0 Å². The van der Waals surface area contributed by atoms with Gasteiger partial charge in [-0.3, -0.25) is 4.98 Å². The lowest BCUT2D eigenvalue weighted by molar-refractivity contribution is 0.595. The number of benzene rings is 2. The molecule has 3 aromatic rings. The van der Waals surface area contributed by atoms with Gasteiger partial charge < -0.3 is 0 Å². The van der Waals surface area contributed by atoms with E-state index < -0.39 is 9.84 Å². The van der Waals surface area contributed by atoms with Crippen molar-refractivity contribution < 1.29 is 8.42 Å². The van der Waals surface area contributed by atoms with Crippen LogP contribution in [0.4, 0.5) is 0 Å². The molecule has 0 amide bonds. The summed E-state index contributed by atoms with van der Waals surface area (Å²) in [5.74, 6) is -0.00609. The molecule has 0 aliphatic rings. The van der Waals surface area contributed by atoms with Gasteiger partial charge in [0.15, 0.2) is 9.84 Å². The van der Waals surface area contributed by atoms with Crippen molar-refractivity contribution in [2.75, 3.05) is 0 Å². The Labute approximate surface area is 117 Å². The molecule has 3 rings (SSSR count). The molecule has 0 unspecified atom stereocenters. The number of fused-ring (bicyclic) bond motifs is 1. The molecule has 20 heavy (non-hydrogen) atoms. The van der Waals surface area contributed by atoms with Gasteiger partial charge in [0, 0.05) is 12.4 Å². The van der Waals surface area contributed by atoms with Crippen LogP contribution in [0.2, 0.25) is 0 Å². The molecule has 0 aliphatic heterocycles. The Morgan fingerprint density at radius 3 is 2.30 bits per heavy atom. The van der Waals surface area contributed by atoms with Crippen LogP contribution in [-0.2, 0) is 15.6 Å². The highest BCUT2D eigenvalue weighted by Gasteiger charge is 2.15. The lowest BCUT2D eigenvalue weighted by Gasteiger charge is -2.06. The SMILES string of the molecule is O=S(=O)(Cc1ccncc1)c1ccc2ccccc2c1. The Morgan fingerprint density at radius 2 is 1.55 bits per heavy atom. The van der Waals surface area contributed by atoms with Gasteiger partial charge >= 0.3 is 0 Å². The second-order valence-electron chi connectivity index (χ2n) is 4.62. The Bertz CT molecular complexity index is 842. The van der Waals surface area contributed by atoms with Crippen molar-refractivity contribution >= 4 is 20.6 Å². The summed E-state index contributed by atoms with van der Waals surface area (Å²) >= 11 is 0. The summed E-state index contributed by atoms with van der Waals surface area (Å²) < 4.78 is 24.8. The molecule has 0 spiro atoms. The Balaban J connectivity index is 2.01. The fourth-order valence-electron chi connectivity index (χ4n) is 2.14. The summed E-state index contributed by atoms with van der Waals surface area (Å²) in [5, 5.41) is 1.97. The molecule has 0 radical (unpaired) electrons. The van der Waals surface area contributed by atoms with Gasteiger partial charge in [0.1, 0.15) is 0 Å². The van der Waals surface area contributed by atoms with Crippen molar-refractivity contribution in [2.45, 2.75) is 10.6 Å². The number of rotatable bonds is 3. The average molecular weight is 283 g/mol. The van der Waals surface area contributed by atoms with Crippen LogP contribution in [0.25, 0.3) is 10.8 Å². The minimum atomic E-state index is -3.33. The average Bonchev–Trinajstić information content (AvgIpc) is 2.47. The third-order valence-electron chi connectivity index (χ3n) is 3.19. The van der Waals surface area contributed by atoms with E-state index in [1.165, 1.54) is 0 Å². The van der Waals surface area contributed by atoms with Crippen molar-refractivity contribution in [1.29, 1.82) is 0 Å². The van der Waals surface area contributed by atoms with Gasteiger partial charge in [-0.05, 0) is 40.6 Å². The third kappa shape index (κ3) is 2.56. The first-order chi connectivity index (χ1) is 9.65. The number of pyridine rings is 1. The molecular weight excluding hydrogens is 270 g/mol. The van der Waals surface area contributed by atoms with Gasteiger partial charge in [0.2, 0.25) is 0 Å². The second kappa shape index (κ2) is 5.06. The van der Waals surface area contributed by atoms with E-state index in [9.17, 15) is 8.42 Å². The number of hydrogen-bond donors (Lipinski definition) is 0. The first kappa shape index (κ1) is 12.8. The molecule has 1 aromatic heterocycles. The van der Waals surface area contributed by atoms with Crippen LogP contribution >= 0.6 is 0 Å². The van der Waals surface area contributed by atoms with Gasteiger partial charge in [-0.15, -0.1) is 0 Å². The molecule has 0 fully saturated rings. The summed E-state index contributed by atoms with van der Waals surface area (Å²) in [7, 11) is -3.33. The van der Waals surface area contributed by atoms with Crippen molar-refractivity contribution in [3.8, 4) is 0 Å². The molecule has 3 nitrogen and oxygen atoms in total. The van der Waals surface area contributed by atoms with Crippen LogP contribution in [0.1, 0.15) is 5.56 Å². The highest BCUT2D eigenvalue weighted by Crippen LogP contribution is 2.21. The van der Waals surface area contributed by atoms with Crippen LogP contribution in [-0.4, -0.2) is 13.4 Å². The maximum Gasteiger partial charge on any atom is 0.182 e. The minimum Gasteiger partial charge on any atom is -0.265 e. The fourth-order valence-corrected chi connectivity index (χ4v) is 3.52.